The summed E-state index contributed by atoms with van der Waals surface area (Å²) in [5.41, 5.74) is 13.6. The minimum Gasteiger partial charge on any atom is -0.494 e. The monoisotopic (exact) mass is 425 g/mol. The number of hydrazone groups is 1. The maximum Gasteiger partial charge on any atom is 0.253 e. The van der Waals surface area contributed by atoms with Gasteiger partial charge in [0.15, 0.2) is 0 Å². The molecule has 166 valence electrons. The first-order valence-corrected chi connectivity index (χ1v) is 10.4. The number of hydrogen-bond acceptors (Lipinski definition) is 6. The van der Waals surface area contributed by atoms with Gasteiger partial charge in [0.2, 0.25) is 5.96 Å². The quantitative estimate of drug-likeness (QED) is 0.123. The number of ether oxygens (including phenoxy) is 1. The van der Waals surface area contributed by atoms with E-state index < -0.39 is 0 Å². The van der Waals surface area contributed by atoms with E-state index in [2.05, 4.69) is 15.3 Å². The molecule has 9 heteroatoms. The molecule has 1 aliphatic heterocycles. The molecule has 1 fully saturated rings. The van der Waals surface area contributed by atoms with E-state index in [-0.39, 0.29) is 11.9 Å². The molecule has 31 heavy (non-hydrogen) atoms. The van der Waals surface area contributed by atoms with Crippen molar-refractivity contribution in [2.45, 2.75) is 13.0 Å². The molecule has 1 heterocycles. The fraction of sp³-hybridized carbons (Fsp3) is 0.364. The van der Waals surface area contributed by atoms with Crippen molar-refractivity contribution in [1.82, 2.24) is 15.1 Å². The van der Waals surface area contributed by atoms with Crippen LogP contribution in [0, 0.1) is 0 Å². The summed E-state index contributed by atoms with van der Waals surface area (Å²) in [6.07, 6.45) is 0.929. The van der Waals surface area contributed by atoms with Crippen molar-refractivity contribution in [1.29, 1.82) is 0 Å². The lowest BCUT2D eigenvalue weighted by molar-refractivity contribution is 0.0631. The van der Waals surface area contributed by atoms with E-state index >= 15 is 0 Å². The number of piperazine rings is 1. The first-order valence-electron chi connectivity index (χ1n) is 10.4. The lowest BCUT2D eigenvalue weighted by Gasteiger charge is -2.34. The molecule has 1 amide bonds. The molecule has 0 aliphatic carbocycles. The maximum atomic E-state index is 12.6. The Morgan fingerprint density at radius 2 is 1.71 bits per heavy atom. The van der Waals surface area contributed by atoms with Crippen LogP contribution in [-0.4, -0.2) is 61.0 Å². The van der Waals surface area contributed by atoms with Gasteiger partial charge in [-0.1, -0.05) is 12.1 Å². The van der Waals surface area contributed by atoms with E-state index in [4.69, 9.17) is 22.0 Å². The smallest absolute Gasteiger partial charge is 0.253 e. The molecule has 7 N–H and O–H groups in total. The second-order valence-corrected chi connectivity index (χ2v) is 7.47. The van der Waals surface area contributed by atoms with Crippen LogP contribution in [0.25, 0.3) is 0 Å². The first-order chi connectivity index (χ1) is 15.0. The van der Waals surface area contributed by atoms with Gasteiger partial charge in [0, 0.05) is 50.5 Å². The van der Waals surface area contributed by atoms with E-state index in [1.54, 1.807) is 24.3 Å². The highest BCUT2D eigenvalue weighted by Gasteiger charge is 2.21. The van der Waals surface area contributed by atoms with Crippen molar-refractivity contribution in [2.75, 3.05) is 45.1 Å². The maximum absolute atomic E-state index is 12.6. The molecular formula is C22H31N7O2. The van der Waals surface area contributed by atoms with Crippen LogP contribution < -0.4 is 27.4 Å². The van der Waals surface area contributed by atoms with E-state index in [0.717, 1.165) is 50.5 Å². The summed E-state index contributed by atoms with van der Waals surface area (Å²) in [4.78, 5) is 16.8. The van der Waals surface area contributed by atoms with Crippen molar-refractivity contribution >= 4 is 17.6 Å². The number of amides is 1. The zero-order chi connectivity index (χ0) is 22.1. The molecule has 0 radical (unpaired) electrons. The van der Waals surface area contributed by atoms with Crippen molar-refractivity contribution in [3.05, 3.63) is 59.7 Å². The van der Waals surface area contributed by atoms with Crippen LogP contribution in [0.5, 0.6) is 5.75 Å². The van der Waals surface area contributed by atoms with E-state index in [1.807, 2.05) is 29.2 Å². The predicted molar refractivity (Wildman–Crippen MR) is 122 cm³/mol. The van der Waals surface area contributed by atoms with Gasteiger partial charge in [-0.25, -0.2) is 0 Å². The van der Waals surface area contributed by atoms with Gasteiger partial charge in [-0.2, -0.15) is 0 Å². The SMILES string of the molecule is N/N=C(\N)NCc1ccc(OCCCN2CCN(C(=O)c3ccc(N)cc3)CC2)cc1. The molecule has 1 saturated heterocycles. The predicted octanol–water partition coefficient (Wildman–Crippen LogP) is 0.774. The fourth-order valence-corrected chi connectivity index (χ4v) is 3.40. The van der Waals surface area contributed by atoms with E-state index in [9.17, 15) is 4.79 Å². The summed E-state index contributed by atoms with van der Waals surface area (Å²) in [6.45, 7) is 5.37. The molecule has 0 saturated carbocycles. The molecule has 9 nitrogen and oxygen atoms in total. The topological polar surface area (TPSA) is 135 Å². The van der Waals surface area contributed by atoms with Gasteiger partial charge in [0.1, 0.15) is 5.75 Å². The van der Waals surface area contributed by atoms with Crippen LogP contribution in [-0.2, 0) is 6.54 Å². The third-order valence-electron chi connectivity index (χ3n) is 5.24. The summed E-state index contributed by atoms with van der Waals surface area (Å²) < 4.78 is 5.84. The van der Waals surface area contributed by atoms with Gasteiger partial charge >= 0.3 is 0 Å². The highest BCUT2D eigenvalue weighted by atomic mass is 16.5. The third kappa shape index (κ3) is 6.78. The number of nitrogen functional groups attached to an aromatic ring is 1. The van der Waals surface area contributed by atoms with Gasteiger partial charge in [0.25, 0.3) is 5.91 Å². The summed E-state index contributed by atoms with van der Waals surface area (Å²) in [6, 6.07) is 14.9. The molecule has 3 rings (SSSR count). The Hall–Kier alpha value is -3.46. The van der Waals surface area contributed by atoms with Crippen LogP contribution in [0.4, 0.5) is 5.69 Å². The third-order valence-corrected chi connectivity index (χ3v) is 5.24. The Kier molecular flexibility index (Phi) is 7.94. The van der Waals surface area contributed by atoms with Crippen LogP contribution in [0.3, 0.4) is 0 Å². The average molecular weight is 426 g/mol. The molecule has 0 spiro atoms. The Labute approximate surface area is 182 Å². The van der Waals surface area contributed by atoms with Gasteiger partial charge in [-0.15, -0.1) is 5.10 Å². The van der Waals surface area contributed by atoms with Gasteiger partial charge in [-0.3, -0.25) is 9.69 Å². The number of nitrogens with two attached hydrogens (primary N) is 3. The van der Waals surface area contributed by atoms with Crippen LogP contribution >= 0.6 is 0 Å². The molecule has 0 atom stereocenters. The summed E-state index contributed by atoms with van der Waals surface area (Å²) in [5, 5.41) is 6.28. The van der Waals surface area contributed by atoms with Crippen molar-refractivity contribution < 1.29 is 9.53 Å². The highest BCUT2D eigenvalue weighted by molar-refractivity contribution is 5.94. The Morgan fingerprint density at radius 3 is 2.35 bits per heavy atom. The van der Waals surface area contributed by atoms with Crippen LogP contribution in [0.1, 0.15) is 22.3 Å². The van der Waals surface area contributed by atoms with E-state index in [0.29, 0.717) is 24.4 Å². The summed E-state index contributed by atoms with van der Waals surface area (Å²) in [5.74, 6) is 6.20. The van der Waals surface area contributed by atoms with Crippen molar-refractivity contribution in [3.8, 4) is 5.75 Å². The molecule has 2 aromatic carbocycles. The van der Waals surface area contributed by atoms with Crippen molar-refractivity contribution in [2.24, 2.45) is 16.7 Å². The molecule has 2 aromatic rings. The number of hydrogen-bond donors (Lipinski definition) is 4. The zero-order valence-electron chi connectivity index (χ0n) is 17.7. The van der Waals surface area contributed by atoms with Gasteiger partial charge in [0.05, 0.1) is 6.61 Å². The number of carbonyl (C=O) groups is 1. The number of rotatable bonds is 8. The number of nitrogens with zero attached hydrogens (tertiary/aromatic N) is 3. The molecule has 1 aliphatic rings. The number of benzene rings is 2. The Morgan fingerprint density at radius 1 is 1.03 bits per heavy atom. The normalized spacial score (nSPS) is 15.0. The summed E-state index contributed by atoms with van der Waals surface area (Å²) >= 11 is 0. The Bertz CT molecular complexity index is 860. The lowest BCUT2D eigenvalue weighted by atomic mass is 10.1. The Balaban J connectivity index is 1.32. The zero-order valence-corrected chi connectivity index (χ0v) is 17.7. The number of carbonyl (C=O) groups excluding carboxylic acids is 1. The molecular weight excluding hydrogens is 394 g/mol. The molecule has 0 bridgehead atoms. The minimum absolute atomic E-state index is 0.0691. The average Bonchev–Trinajstić information content (AvgIpc) is 2.81. The van der Waals surface area contributed by atoms with Gasteiger partial charge < -0.3 is 32.3 Å². The second-order valence-electron chi connectivity index (χ2n) is 7.47. The number of guanidine groups is 1. The molecule has 0 unspecified atom stereocenters. The van der Waals surface area contributed by atoms with Gasteiger partial charge in [-0.05, 0) is 48.4 Å². The largest absolute Gasteiger partial charge is 0.494 e. The lowest BCUT2D eigenvalue weighted by Crippen LogP contribution is -2.49. The minimum atomic E-state index is 0.0691. The molecule has 0 aromatic heterocycles. The second kappa shape index (κ2) is 11.1. The summed E-state index contributed by atoms with van der Waals surface area (Å²) in [7, 11) is 0. The standard InChI is InChI=1S/C22H31N7O2/c23-19-6-4-18(5-7-19)21(30)29-13-11-28(12-14-29)10-1-15-31-20-8-2-17(3-9-20)16-26-22(24)27-25/h2-9H,1,10-16,23,25H2,(H3,24,26,27). The van der Waals surface area contributed by atoms with E-state index in [1.165, 1.54) is 0 Å². The van der Waals surface area contributed by atoms with Crippen molar-refractivity contribution in [3.63, 3.8) is 0 Å². The van der Waals surface area contributed by atoms with Crippen LogP contribution in [0.2, 0.25) is 0 Å². The fourth-order valence-electron chi connectivity index (χ4n) is 3.40. The number of nitrogens with one attached hydrogen (secondary N) is 1. The first kappa shape index (κ1) is 22.2. The highest BCUT2D eigenvalue weighted by Crippen LogP contribution is 2.14. The number of anilines is 1. The van der Waals surface area contributed by atoms with Crippen LogP contribution in [0.15, 0.2) is 53.6 Å².